The van der Waals surface area contributed by atoms with E-state index in [1.807, 2.05) is 6.08 Å². The van der Waals surface area contributed by atoms with Crippen LogP contribution in [0.25, 0.3) is 0 Å². The van der Waals surface area contributed by atoms with Crippen molar-refractivity contribution in [2.75, 3.05) is 46.5 Å². The number of rotatable bonds is 10. The molecule has 1 saturated heterocycles. The predicted molar refractivity (Wildman–Crippen MR) is 122 cm³/mol. The molecule has 184 valence electrons. The van der Waals surface area contributed by atoms with E-state index in [9.17, 15) is 18.3 Å². The topological polar surface area (TPSA) is 105 Å². The number of carbonyl (C=O) groups excluding carboxylic acids is 1. The van der Waals surface area contributed by atoms with E-state index in [1.54, 1.807) is 17.0 Å². The lowest BCUT2D eigenvalue weighted by molar-refractivity contribution is -0.155. The zero-order valence-corrected chi connectivity index (χ0v) is 20.5. The van der Waals surface area contributed by atoms with Gasteiger partial charge in [0.2, 0.25) is 16.3 Å². The van der Waals surface area contributed by atoms with Crippen LogP contribution < -0.4 is 4.74 Å². The first-order valence-electron chi connectivity index (χ1n) is 11.1. The molecule has 1 aromatic carbocycles. The Balaban J connectivity index is 1.65. The maximum absolute atomic E-state index is 13.0. The first-order valence-corrected chi connectivity index (χ1v) is 12.5. The summed E-state index contributed by atoms with van der Waals surface area (Å²) in [5.41, 5.74) is -0.0869. The molecule has 2 atom stereocenters. The van der Waals surface area contributed by atoms with Crippen molar-refractivity contribution in [2.45, 2.75) is 38.4 Å². The van der Waals surface area contributed by atoms with E-state index in [-0.39, 0.29) is 48.4 Å². The number of benzene rings is 1. The molecule has 1 amide bonds. The Labute approximate surface area is 196 Å². The van der Waals surface area contributed by atoms with Gasteiger partial charge in [0.15, 0.2) is 5.76 Å². The molecular formula is C23H34N2O7S. The van der Waals surface area contributed by atoms with Crippen molar-refractivity contribution in [1.29, 1.82) is 0 Å². The van der Waals surface area contributed by atoms with Crippen molar-refractivity contribution in [3.05, 3.63) is 36.1 Å². The fourth-order valence-electron chi connectivity index (χ4n) is 3.57. The Kier molecular flexibility index (Phi) is 8.04. The molecule has 0 aromatic heterocycles. The second-order valence-electron chi connectivity index (χ2n) is 9.25. The molecule has 0 bridgehead atoms. The van der Waals surface area contributed by atoms with Gasteiger partial charge in [0.1, 0.15) is 5.75 Å². The molecule has 2 heterocycles. The summed E-state index contributed by atoms with van der Waals surface area (Å²) in [5, 5.41) is 9.41. The lowest BCUT2D eigenvalue weighted by Crippen LogP contribution is -2.38. The molecular weight excluding hydrogens is 448 g/mol. The molecule has 33 heavy (non-hydrogen) atoms. The quantitative estimate of drug-likeness (QED) is 0.507. The van der Waals surface area contributed by atoms with Crippen molar-refractivity contribution in [1.82, 2.24) is 9.21 Å². The minimum Gasteiger partial charge on any atom is -0.497 e. The van der Waals surface area contributed by atoms with E-state index in [0.717, 1.165) is 13.1 Å². The van der Waals surface area contributed by atoms with Gasteiger partial charge in [0, 0.05) is 32.6 Å². The molecule has 2 aliphatic heterocycles. The molecule has 1 N–H and O–H groups in total. The lowest BCUT2D eigenvalue weighted by Gasteiger charge is -2.36. The minimum absolute atomic E-state index is 0.0358. The number of hydrogen-bond donors (Lipinski definition) is 1. The third-order valence-corrected chi connectivity index (χ3v) is 7.72. The molecule has 0 unspecified atom stereocenters. The zero-order valence-electron chi connectivity index (χ0n) is 19.7. The van der Waals surface area contributed by atoms with Crippen molar-refractivity contribution in [3.63, 3.8) is 0 Å². The number of ether oxygens (including phenoxy) is 3. The molecule has 0 spiro atoms. The summed E-state index contributed by atoms with van der Waals surface area (Å²) in [6.07, 6.45) is 1.79. The highest BCUT2D eigenvalue weighted by Gasteiger charge is 2.37. The Morgan fingerprint density at radius 1 is 1.21 bits per heavy atom. The average Bonchev–Trinajstić information content (AvgIpc) is 3.62. The van der Waals surface area contributed by atoms with Crippen LogP contribution in [0.2, 0.25) is 0 Å². The Bertz CT molecular complexity index is 950. The van der Waals surface area contributed by atoms with Gasteiger partial charge in [-0.15, -0.1) is 0 Å². The largest absolute Gasteiger partial charge is 0.497 e. The van der Waals surface area contributed by atoms with Crippen LogP contribution >= 0.6 is 0 Å². The minimum atomic E-state index is -3.83. The van der Waals surface area contributed by atoms with Gasteiger partial charge in [-0.2, -0.15) is 4.31 Å². The molecule has 2 aliphatic rings. The zero-order chi connectivity index (χ0) is 24.2. The van der Waals surface area contributed by atoms with Crippen LogP contribution in [0.3, 0.4) is 0 Å². The van der Waals surface area contributed by atoms with Crippen LogP contribution in [-0.2, 0) is 24.3 Å². The summed E-state index contributed by atoms with van der Waals surface area (Å²) in [4.78, 5) is 14.3. The summed E-state index contributed by atoms with van der Waals surface area (Å²) in [5.74, 6) is 0.782. The highest BCUT2D eigenvalue weighted by atomic mass is 32.2. The van der Waals surface area contributed by atoms with Crippen molar-refractivity contribution in [3.8, 4) is 5.75 Å². The highest BCUT2D eigenvalue weighted by molar-refractivity contribution is 7.89. The number of methoxy groups -OCH3 is 1. The first kappa shape index (κ1) is 25.5. The summed E-state index contributed by atoms with van der Waals surface area (Å²) in [7, 11) is -2.32. The van der Waals surface area contributed by atoms with Crippen molar-refractivity contribution >= 4 is 15.9 Å². The molecule has 1 fully saturated rings. The van der Waals surface area contributed by atoms with E-state index in [1.165, 1.54) is 23.5 Å². The van der Waals surface area contributed by atoms with Gasteiger partial charge in [-0.3, -0.25) is 4.79 Å². The standard InChI is InChI=1S/C23H34N2O7S/c1-23(2,3)17-15-20(22(27)24-9-10-24)32-21(16-17)31-14-12-25(11-13-26)33(28,29)19-7-5-18(30-4)6-8-19/h5-8,15,17,21,26H,9-14,16H2,1-4H3/t17-,21+/m1/s1. The Morgan fingerprint density at radius 3 is 2.42 bits per heavy atom. The smallest absolute Gasteiger partial charge is 0.288 e. The second kappa shape index (κ2) is 10.4. The van der Waals surface area contributed by atoms with Crippen LogP contribution in [0.15, 0.2) is 41.0 Å². The van der Waals surface area contributed by atoms with Gasteiger partial charge in [0.25, 0.3) is 5.91 Å². The highest BCUT2D eigenvalue weighted by Crippen LogP contribution is 2.37. The first-order chi connectivity index (χ1) is 15.6. The van der Waals surface area contributed by atoms with Gasteiger partial charge in [0.05, 0.1) is 25.2 Å². The molecule has 0 radical (unpaired) electrons. The maximum atomic E-state index is 13.0. The number of nitrogens with zero attached hydrogens (tertiary/aromatic N) is 2. The Morgan fingerprint density at radius 2 is 1.88 bits per heavy atom. The van der Waals surface area contributed by atoms with Crippen LogP contribution in [0, 0.1) is 11.3 Å². The predicted octanol–water partition coefficient (Wildman–Crippen LogP) is 1.83. The number of hydrogen-bond acceptors (Lipinski definition) is 7. The number of aliphatic hydroxyl groups excluding tert-OH is 1. The van der Waals surface area contributed by atoms with Gasteiger partial charge in [-0.25, -0.2) is 8.42 Å². The van der Waals surface area contributed by atoms with Crippen LogP contribution in [0.4, 0.5) is 0 Å². The number of aliphatic hydroxyl groups is 1. The van der Waals surface area contributed by atoms with Gasteiger partial charge in [-0.1, -0.05) is 20.8 Å². The fourth-order valence-corrected chi connectivity index (χ4v) is 4.98. The third kappa shape index (κ3) is 6.47. The summed E-state index contributed by atoms with van der Waals surface area (Å²) in [6, 6.07) is 6.08. The molecule has 0 saturated carbocycles. The average molecular weight is 483 g/mol. The summed E-state index contributed by atoms with van der Waals surface area (Å²) in [6.45, 7) is 7.46. The fraction of sp³-hybridized carbons (Fsp3) is 0.609. The Hall–Kier alpha value is -2.14. The SMILES string of the molecule is COc1ccc(S(=O)(=O)N(CCO)CCO[C@@H]2C[C@H](C(C)(C)C)C=C(C(=O)N3CC3)O2)cc1. The van der Waals surface area contributed by atoms with E-state index < -0.39 is 16.3 Å². The number of amides is 1. The molecule has 10 heteroatoms. The summed E-state index contributed by atoms with van der Waals surface area (Å²) < 4.78 is 44.1. The molecule has 9 nitrogen and oxygen atoms in total. The van der Waals surface area contributed by atoms with E-state index in [0.29, 0.717) is 17.9 Å². The number of allylic oxidation sites excluding steroid dienone is 1. The van der Waals surface area contributed by atoms with E-state index >= 15 is 0 Å². The normalized spacial score (nSPS) is 20.9. The summed E-state index contributed by atoms with van der Waals surface area (Å²) >= 11 is 0. The van der Waals surface area contributed by atoms with Crippen LogP contribution in [-0.4, -0.2) is 81.4 Å². The van der Waals surface area contributed by atoms with E-state index in [2.05, 4.69) is 20.8 Å². The molecule has 1 aromatic rings. The van der Waals surface area contributed by atoms with Gasteiger partial charge >= 0.3 is 0 Å². The van der Waals surface area contributed by atoms with Gasteiger partial charge < -0.3 is 24.2 Å². The van der Waals surface area contributed by atoms with Crippen LogP contribution in [0.5, 0.6) is 5.75 Å². The number of carbonyl (C=O) groups is 1. The van der Waals surface area contributed by atoms with Gasteiger partial charge in [-0.05, 0) is 41.7 Å². The number of sulfonamides is 1. The molecule has 3 rings (SSSR count). The monoisotopic (exact) mass is 482 g/mol. The van der Waals surface area contributed by atoms with E-state index in [4.69, 9.17) is 14.2 Å². The van der Waals surface area contributed by atoms with Crippen LogP contribution in [0.1, 0.15) is 27.2 Å². The van der Waals surface area contributed by atoms with Crippen molar-refractivity contribution in [2.24, 2.45) is 11.3 Å². The molecule has 0 aliphatic carbocycles. The third-order valence-electron chi connectivity index (χ3n) is 5.81. The maximum Gasteiger partial charge on any atom is 0.288 e. The van der Waals surface area contributed by atoms with Crippen molar-refractivity contribution < 1.29 is 32.5 Å². The lowest BCUT2D eigenvalue weighted by atomic mass is 9.77. The second-order valence-corrected chi connectivity index (χ2v) is 11.2.